The number of hydrogen-bond donors (Lipinski definition) is 0. The molecule has 4 rings (SSSR count). The van der Waals surface area contributed by atoms with Crippen LogP contribution in [0.2, 0.25) is 0 Å². The van der Waals surface area contributed by atoms with E-state index in [2.05, 4.69) is 0 Å². The molecule has 0 saturated heterocycles. The number of amides is 2. The van der Waals surface area contributed by atoms with Gasteiger partial charge in [-0.05, 0) is 23.3 Å². The molecule has 2 amide bonds. The Balaban J connectivity index is 0.000000411. The summed E-state index contributed by atoms with van der Waals surface area (Å²) in [6.07, 6.45) is 3.28. The first kappa shape index (κ1) is 18.8. The summed E-state index contributed by atoms with van der Waals surface area (Å²) < 4.78 is 9.56. The second-order valence-corrected chi connectivity index (χ2v) is 7.26. The maximum Gasteiger partial charge on any atom is 0.273 e. The van der Waals surface area contributed by atoms with Crippen LogP contribution in [0.5, 0.6) is 0 Å². The quantitative estimate of drug-likeness (QED) is 0.711. The van der Waals surface area contributed by atoms with E-state index in [9.17, 15) is 13.8 Å². The van der Waals surface area contributed by atoms with Gasteiger partial charge >= 0.3 is 0 Å². The van der Waals surface area contributed by atoms with E-state index in [-0.39, 0.29) is 17.3 Å². The second kappa shape index (κ2) is 7.58. The topological polar surface area (TPSA) is 89.2 Å². The number of carbonyl (C=O) groups is 2. The standard InChI is InChI=1S/C16H12N2O2.C2H6OS.H2O/c19-15-13-7-3-1-5-11(13)9-17-16(20)14-8-4-2-6-12(14)10-18(15)17;1-4(2)3;/h1-8H,9-10H2;1-2H3;1H2. The smallest absolute Gasteiger partial charge is 0.273 e. The maximum absolute atomic E-state index is 12.5. The Morgan fingerprint density at radius 2 is 1.08 bits per heavy atom. The molecule has 2 aliphatic rings. The van der Waals surface area contributed by atoms with Crippen LogP contribution in [0.25, 0.3) is 0 Å². The summed E-state index contributed by atoms with van der Waals surface area (Å²) in [4.78, 5) is 25.1. The van der Waals surface area contributed by atoms with Crippen molar-refractivity contribution < 1.29 is 19.3 Å². The van der Waals surface area contributed by atoms with Crippen molar-refractivity contribution in [1.29, 1.82) is 0 Å². The van der Waals surface area contributed by atoms with E-state index < -0.39 is 10.8 Å². The van der Waals surface area contributed by atoms with Crippen LogP contribution in [0.3, 0.4) is 0 Å². The van der Waals surface area contributed by atoms with Gasteiger partial charge in [0, 0.05) is 34.4 Å². The van der Waals surface area contributed by atoms with Crippen LogP contribution in [0.15, 0.2) is 48.5 Å². The molecule has 2 heterocycles. The molecule has 25 heavy (non-hydrogen) atoms. The minimum Gasteiger partial charge on any atom is -0.412 e. The highest BCUT2D eigenvalue weighted by Gasteiger charge is 2.38. The van der Waals surface area contributed by atoms with Gasteiger partial charge in [-0.3, -0.25) is 13.8 Å². The summed E-state index contributed by atoms with van der Waals surface area (Å²) in [6.45, 7) is 0.907. The van der Waals surface area contributed by atoms with Crippen molar-refractivity contribution in [3.05, 3.63) is 70.8 Å². The number of fused-ring (bicyclic) bond motifs is 3. The average molecular weight is 360 g/mol. The lowest BCUT2D eigenvalue weighted by molar-refractivity contribution is -0.0218. The van der Waals surface area contributed by atoms with Crippen molar-refractivity contribution in [1.82, 2.24) is 10.0 Å². The zero-order valence-electron chi connectivity index (χ0n) is 14.1. The Morgan fingerprint density at radius 3 is 1.44 bits per heavy atom. The molecule has 0 atom stereocenters. The highest BCUT2D eigenvalue weighted by Crippen LogP contribution is 2.30. The van der Waals surface area contributed by atoms with E-state index in [0.29, 0.717) is 24.2 Å². The van der Waals surface area contributed by atoms with Crippen LogP contribution in [0, 0.1) is 0 Å². The lowest BCUT2D eigenvalue weighted by atomic mass is 9.99. The maximum atomic E-state index is 12.5. The number of nitrogens with zero attached hydrogens (tertiary/aromatic N) is 2. The van der Waals surface area contributed by atoms with E-state index >= 15 is 0 Å². The van der Waals surface area contributed by atoms with Gasteiger partial charge in [0.2, 0.25) is 0 Å². The summed E-state index contributed by atoms with van der Waals surface area (Å²) in [6, 6.07) is 14.9. The molecule has 0 aromatic heterocycles. The first-order valence-electron chi connectivity index (χ1n) is 7.53. The molecule has 0 bridgehead atoms. The number of benzene rings is 2. The molecule has 0 saturated carbocycles. The van der Waals surface area contributed by atoms with E-state index in [0.717, 1.165) is 11.1 Å². The molecule has 0 aliphatic carbocycles. The molecule has 2 N–H and O–H groups in total. The first-order chi connectivity index (χ1) is 11.5. The molecule has 2 aliphatic heterocycles. The Hall–Kier alpha value is -2.51. The van der Waals surface area contributed by atoms with E-state index in [4.69, 9.17) is 0 Å². The van der Waals surface area contributed by atoms with E-state index in [1.165, 1.54) is 0 Å². The van der Waals surface area contributed by atoms with Crippen molar-refractivity contribution in [3.63, 3.8) is 0 Å². The van der Waals surface area contributed by atoms with Crippen molar-refractivity contribution in [2.45, 2.75) is 13.1 Å². The van der Waals surface area contributed by atoms with Gasteiger partial charge in [0.15, 0.2) is 0 Å². The highest BCUT2D eigenvalue weighted by atomic mass is 32.2. The molecule has 2 aromatic rings. The lowest BCUT2D eigenvalue weighted by Gasteiger charge is -2.42. The van der Waals surface area contributed by atoms with Crippen LogP contribution in [-0.4, -0.2) is 44.0 Å². The van der Waals surface area contributed by atoms with Gasteiger partial charge in [0.05, 0.1) is 13.1 Å². The zero-order chi connectivity index (χ0) is 17.3. The Labute approximate surface area is 148 Å². The molecule has 2 aromatic carbocycles. The van der Waals surface area contributed by atoms with Gasteiger partial charge in [0.1, 0.15) is 0 Å². The fraction of sp³-hybridized carbons (Fsp3) is 0.222. The van der Waals surface area contributed by atoms with Crippen molar-refractivity contribution in [2.24, 2.45) is 0 Å². The minimum atomic E-state index is -0.611. The number of hydrazine groups is 1. The van der Waals surface area contributed by atoms with Gasteiger partial charge in [-0.2, -0.15) is 0 Å². The fourth-order valence-electron chi connectivity index (χ4n) is 2.87. The minimum absolute atomic E-state index is 0. The zero-order valence-corrected chi connectivity index (χ0v) is 14.9. The number of rotatable bonds is 0. The predicted octanol–water partition coefficient (Wildman–Crippen LogP) is 1.38. The summed E-state index contributed by atoms with van der Waals surface area (Å²) in [5.41, 5.74) is 3.19. The highest BCUT2D eigenvalue weighted by molar-refractivity contribution is 7.83. The second-order valence-electron chi connectivity index (χ2n) is 5.78. The molecule has 0 fully saturated rings. The Kier molecular flexibility index (Phi) is 5.71. The summed E-state index contributed by atoms with van der Waals surface area (Å²) >= 11 is 0. The monoisotopic (exact) mass is 360 g/mol. The number of hydrogen-bond acceptors (Lipinski definition) is 3. The molecule has 0 radical (unpaired) electrons. The van der Waals surface area contributed by atoms with Crippen molar-refractivity contribution >= 4 is 22.6 Å². The molecule has 7 heteroatoms. The summed E-state index contributed by atoms with van der Waals surface area (Å²) in [7, 11) is -0.611. The summed E-state index contributed by atoms with van der Waals surface area (Å²) in [5.74, 6) is -0.204. The molecule has 132 valence electrons. The van der Waals surface area contributed by atoms with Gasteiger partial charge in [-0.15, -0.1) is 0 Å². The third kappa shape index (κ3) is 3.62. The normalized spacial score (nSPS) is 14.7. The molecule has 0 spiro atoms. The first-order valence-corrected chi connectivity index (χ1v) is 9.50. The van der Waals surface area contributed by atoms with Crippen LogP contribution in [0.4, 0.5) is 0 Å². The van der Waals surface area contributed by atoms with Gasteiger partial charge in [0.25, 0.3) is 11.8 Å². The van der Waals surface area contributed by atoms with Crippen LogP contribution < -0.4 is 0 Å². The fourth-order valence-corrected chi connectivity index (χ4v) is 2.87. The Morgan fingerprint density at radius 1 is 0.760 bits per heavy atom. The molecular weight excluding hydrogens is 340 g/mol. The van der Waals surface area contributed by atoms with E-state index in [1.54, 1.807) is 22.5 Å². The van der Waals surface area contributed by atoms with Crippen LogP contribution >= 0.6 is 0 Å². The lowest BCUT2D eigenvalue weighted by Crippen LogP contribution is -2.54. The number of carbonyl (C=O) groups excluding carboxylic acids is 2. The third-order valence-electron chi connectivity index (χ3n) is 3.90. The largest absolute Gasteiger partial charge is 0.412 e. The Bertz CT molecular complexity index is 770. The third-order valence-corrected chi connectivity index (χ3v) is 3.90. The van der Waals surface area contributed by atoms with Crippen molar-refractivity contribution in [2.75, 3.05) is 12.5 Å². The van der Waals surface area contributed by atoms with Gasteiger partial charge in [-0.25, -0.2) is 10.0 Å². The molecule has 6 nitrogen and oxygen atoms in total. The van der Waals surface area contributed by atoms with Gasteiger partial charge in [-0.1, -0.05) is 36.4 Å². The predicted molar refractivity (Wildman–Crippen MR) is 96.2 cm³/mol. The van der Waals surface area contributed by atoms with Crippen LogP contribution in [0.1, 0.15) is 31.8 Å². The van der Waals surface area contributed by atoms with Crippen molar-refractivity contribution in [3.8, 4) is 0 Å². The molecular formula is C18H20N2O4S. The SMILES string of the molecule is CS(C)=O.O.O=C1c2ccccc2CN2C(=O)c3ccccc3CN12. The van der Waals surface area contributed by atoms with Gasteiger partial charge < -0.3 is 5.48 Å². The summed E-state index contributed by atoms with van der Waals surface area (Å²) in [5, 5.41) is 3.10. The molecule has 0 unspecified atom stereocenters. The van der Waals surface area contributed by atoms with E-state index in [1.807, 2.05) is 48.5 Å². The van der Waals surface area contributed by atoms with Crippen LogP contribution in [-0.2, 0) is 23.9 Å². The average Bonchev–Trinajstić information content (AvgIpc) is 2.56.